The molecule has 2 rings (SSSR count). The van der Waals surface area contributed by atoms with Crippen LogP contribution in [0, 0.1) is 0 Å². The number of hydrogen-bond acceptors (Lipinski definition) is 3. The molecule has 0 bridgehead atoms. The highest BCUT2D eigenvalue weighted by Gasteiger charge is 2.13. The lowest BCUT2D eigenvalue weighted by Gasteiger charge is -2.17. The lowest BCUT2D eigenvalue weighted by Crippen LogP contribution is -2.28. The number of ether oxygens (including phenoxy) is 2. The Morgan fingerprint density at radius 1 is 1.05 bits per heavy atom. The molecule has 0 heterocycles. The van der Waals surface area contributed by atoms with Gasteiger partial charge in [0.25, 0.3) is 0 Å². The lowest BCUT2D eigenvalue weighted by molar-refractivity contribution is -0.121. The van der Waals surface area contributed by atoms with Crippen LogP contribution < -0.4 is 14.8 Å². The first-order chi connectivity index (χ1) is 10.6. The van der Waals surface area contributed by atoms with Crippen LogP contribution in [-0.4, -0.2) is 20.1 Å². The molecule has 0 saturated heterocycles. The smallest absolute Gasteiger partial charge is 0.224 e. The predicted molar refractivity (Wildman–Crippen MR) is 86.2 cm³/mol. The summed E-state index contributed by atoms with van der Waals surface area (Å²) in [5.74, 6) is 1.54. The normalized spacial score (nSPS) is 11.6. The Hall–Kier alpha value is -2.49. The van der Waals surface area contributed by atoms with Gasteiger partial charge >= 0.3 is 0 Å². The van der Waals surface area contributed by atoms with Gasteiger partial charge in [-0.25, -0.2) is 0 Å². The molecule has 0 saturated carbocycles. The summed E-state index contributed by atoms with van der Waals surface area (Å²) in [4.78, 5) is 12.2. The van der Waals surface area contributed by atoms with Crippen LogP contribution >= 0.6 is 0 Å². The van der Waals surface area contributed by atoms with Gasteiger partial charge in [-0.1, -0.05) is 30.3 Å². The fraction of sp³-hybridized carbons (Fsp3) is 0.278. The predicted octanol–water partition coefficient (Wildman–Crippen LogP) is 3.12. The minimum absolute atomic E-state index is 0.0245. The minimum atomic E-state index is -0.109. The molecule has 4 nitrogen and oxygen atoms in total. The molecule has 0 aliphatic rings. The zero-order valence-electron chi connectivity index (χ0n) is 13.1. The Morgan fingerprint density at radius 3 is 2.36 bits per heavy atom. The van der Waals surface area contributed by atoms with E-state index >= 15 is 0 Å². The van der Waals surface area contributed by atoms with Gasteiger partial charge in [-0.2, -0.15) is 0 Å². The molecule has 0 fully saturated rings. The number of amides is 1. The highest BCUT2D eigenvalue weighted by molar-refractivity contribution is 5.79. The summed E-state index contributed by atoms with van der Waals surface area (Å²) in [6.45, 7) is 1.95. The van der Waals surface area contributed by atoms with E-state index < -0.39 is 0 Å². The van der Waals surface area contributed by atoms with E-state index in [1.165, 1.54) is 0 Å². The van der Waals surface area contributed by atoms with Crippen LogP contribution in [0.5, 0.6) is 11.5 Å². The molecule has 0 spiro atoms. The topological polar surface area (TPSA) is 47.6 Å². The molecule has 22 heavy (non-hydrogen) atoms. The standard InChI is InChI=1S/C18H21NO3/c1-13(16-6-4-5-7-17(16)22-3)19-18(20)12-14-8-10-15(21-2)11-9-14/h4-11,13H,12H2,1-3H3,(H,19,20)/t13-/m0/s1. The van der Waals surface area contributed by atoms with Gasteiger partial charge in [0.1, 0.15) is 11.5 Å². The molecule has 2 aromatic rings. The fourth-order valence-electron chi connectivity index (χ4n) is 2.32. The minimum Gasteiger partial charge on any atom is -0.497 e. The number of carbonyl (C=O) groups is 1. The molecule has 116 valence electrons. The van der Waals surface area contributed by atoms with Crippen molar-refractivity contribution in [2.24, 2.45) is 0 Å². The Labute approximate surface area is 131 Å². The van der Waals surface area contributed by atoms with Gasteiger partial charge in [0, 0.05) is 5.56 Å². The molecule has 0 aliphatic carbocycles. The van der Waals surface area contributed by atoms with Gasteiger partial charge in [0.2, 0.25) is 5.91 Å². The molecule has 0 radical (unpaired) electrons. The fourth-order valence-corrected chi connectivity index (χ4v) is 2.32. The van der Waals surface area contributed by atoms with Gasteiger partial charge in [-0.15, -0.1) is 0 Å². The molecule has 0 unspecified atom stereocenters. The van der Waals surface area contributed by atoms with Crippen molar-refractivity contribution in [3.05, 3.63) is 59.7 Å². The van der Waals surface area contributed by atoms with E-state index in [1.54, 1.807) is 14.2 Å². The van der Waals surface area contributed by atoms with Crippen molar-refractivity contribution < 1.29 is 14.3 Å². The molecule has 1 amide bonds. The highest BCUT2D eigenvalue weighted by atomic mass is 16.5. The van der Waals surface area contributed by atoms with Crippen LogP contribution in [0.4, 0.5) is 0 Å². The summed E-state index contributed by atoms with van der Waals surface area (Å²) in [6.07, 6.45) is 0.337. The second kappa shape index (κ2) is 7.50. The second-order valence-corrected chi connectivity index (χ2v) is 5.06. The Bertz CT molecular complexity index is 622. The third-order valence-corrected chi connectivity index (χ3v) is 3.51. The monoisotopic (exact) mass is 299 g/mol. The lowest BCUT2D eigenvalue weighted by atomic mass is 10.1. The maximum Gasteiger partial charge on any atom is 0.224 e. The molecular weight excluding hydrogens is 278 g/mol. The first-order valence-corrected chi connectivity index (χ1v) is 7.19. The summed E-state index contributed by atoms with van der Waals surface area (Å²) in [6, 6.07) is 15.1. The van der Waals surface area contributed by atoms with E-state index in [4.69, 9.17) is 9.47 Å². The van der Waals surface area contributed by atoms with E-state index in [1.807, 2.05) is 55.5 Å². The van der Waals surface area contributed by atoms with Gasteiger partial charge in [0.15, 0.2) is 0 Å². The number of carbonyl (C=O) groups excluding carboxylic acids is 1. The quantitative estimate of drug-likeness (QED) is 0.891. The van der Waals surface area contributed by atoms with Crippen LogP contribution in [0.2, 0.25) is 0 Å². The maximum atomic E-state index is 12.2. The van der Waals surface area contributed by atoms with Crippen molar-refractivity contribution in [3.8, 4) is 11.5 Å². The maximum absolute atomic E-state index is 12.2. The average molecular weight is 299 g/mol. The zero-order chi connectivity index (χ0) is 15.9. The molecular formula is C18H21NO3. The van der Waals surface area contributed by atoms with Crippen LogP contribution in [0.3, 0.4) is 0 Å². The molecule has 1 atom stereocenters. The second-order valence-electron chi connectivity index (χ2n) is 5.06. The van der Waals surface area contributed by atoms with E-state index in [2.05, 4.69) is 5.32 Å². The Morgan fingerprint density at radius 2 is 1.73 bits per heavy atom. The van der Waals surface area contributed by atoms with Crippen molar-refractivity contribution >= 4 is 5.91 Å². The van der Waals surface area contributed by atoms with Gasteiger partial charge < -0.3 is 14.8 Å². The SMILES string of the molecule is COc1ccc(CC(=O)N[C@@H](C)c2ccccc2OC)cc1. The van der Waals surface area contributed by atoms with Crippen molar-refractivity contribution in [2.75, 3.05) is 14.2 Å². The van der Waals surface area contributed by atoms with E-state index in [9.17, 15) is 4.79 Å². The van der Waals surface area contributed by atoms with Crippen LogP contribution in [0.25, 0.3) is 0 Å². The first kappa shape index (κ1) is 15.9. The summed E-state index contributed by atoms with van der Waals surface area (Å²) >= 11 is 0. The van der Waals surface area contributed by atoms with Crippen LogP contribution in [-0.2, 0) is 11.2 Å². The van der Waals surface area contributed by atoms with Crippen molar-refractivity contribution in [2.45, 2.75) is 19.4 Å². The van der Waals surface area contributed by atoms with E-state index in [-0.39, 0.29) is 11.9 Å². The van der Waals surface area contributed by atoms with E-state index in [0.717, 1.165) is 22.6 Å². The summed E-state index contributed by atoms with van der Waals surface area (Å²) in [5.41, 5.74) is 1.92. The third-order valence-electron chi connectivity index (χ3n) is 3.51. The molecule has 1 N–H and O–H groups in total. The summed E-state index contributed by atoms with van der Waals surface area (Å²) in [5, 5.41) is 3.00. The average Bonchev–Trinajstić information content (AvgIpc) is 2.55. The van der Waals surface area contributed by atoms with Crippen LogP contribution in [0.1, 0.15) is 24.1 Å². The number of para-hydroxylation sites is 1. The number of rotatable bonds is 6. The summed E-state index contributed by atoms with van der Waals surface area (Å²) in [7, 11) is 3.25. The van der Waals surface area contributed by atoms with E-state index in [0.29, 0.717) is 6.42 Å². The van der Waals surface area contributed by atoms with Crippen molar-refractivity contribution in [1.29, 1.82) is 0 Å². The molecule has 2 aromatic carbocycles. The van der Waals surface area contributed by atoms with Gasteiger partial charge in [-0.05, 0) is 30.7 Å². The van der Waals surface area contributed by atoms with Gasteiger partial charge in [0.05, 0.1) is 26.7 Å². The molecule has 4 heteroatoms. The van der Waals surface area contributed by atoms with Crippen LogP contribution in [0.15, 0.2) is 48.5 Å². The number of nitrogens with one attached hydrogen (secondary N) is 1. The van der Waals surface area contributed by atoms with Crippen molar-refractivity contribution in [3.63, 3.8) is 0 Å². The molecule has 0 aromatic heterocycles. The third kappa shape index (κ3) is 4.01. The Balaban J connectivity index is 1.98. The van der Waals surface area contributed by atoms with Gasteiger partial charge in [-0.3, -0.25) is 4.79 Å². The number of methoxy groups -OCH3 is 2. The van der Waals surface area contributed by atoms with Crippen molar-refractivity contribution in [1.82, 2.24) is 5.32 Å². The number of hydrogen-bond donors (Lipinski definition) is 1. The first-order valence-electron chi connectivity index (χ1n) is 7.19. The number of benzene rings is 2. The zero-order valence-corrected chi connectivity index (χ0v) is 13.1. The highest BCUT2D eigenvalue weighted by Crippen LogP contribution is 2.24. The largest absolute Gasteiger partial charge is 0.497 e. The summed E-state index contributed by atoms with van der Waals surface area (Å²) < 4.78 is 10.4. The molecule has 0 aliphatic heterocycles. The Kier molecular flexibility index (Phi) is 5.42.